The van der Waals surface area contributed by atoms with E-state index in [1.807, 2.05) is 48.5 Å². The molecule has 5 nitrogen and oxygen atoms in total. The molecule has 0 radical (unpaired) electrons. The fourth-order valence-electron chi connectivity index (χ4n) is 4.67. The van der Waals surface area contributed by atoms with Crippen LogP contribution < -0.4 is 0 Å². The number of rotatable bonds is 8. The van der Waals surface area contributed by atoms with Crippen LogP contribution in [0, 0.1) is 34.0 Å². The summed E-state index contributed by atoms with van der Waals surface area (Å²) < 4.78 is 11.5. The largest absolute Gasteiger partial charge is 0.459 e. The first-order valence-corrected chi connectivity index (χ1v) is 11.1. The van der Waals surface area contributed by atoms with Crippen molar-refractivity contribution in [2.24, 2.45) is 34.0 Å². The highest BCUT2D eigenvalue weighted by Crippen LogP contribution is 2.48. The topological polar surface area (TPSA) is 72.8 Å². The van der Waals surface area contributed by atoms with E-state index in [0.29, 0.717) is 12.3 Å². The van der Waals surface area contributed by atoms with Gasteiger partial charge >= 0.3 is 11.9 Å². The first-order chi connectivity index (χ1) is 13.1. The molecule has 0 spiro atoms. The number of esters is 2. The van der Waals surface area contributed by atoms with Crippen molar-refractivity contribution in [1.29, 1.82) is 0 Å². The highest BCUT2D eigenvalue weighted by atomic mass is 16.6. The molecule has 1 aliphatic rings. The number of carbonyl (C=O) groups is 2. The zero-order valence-electron chi connectivity index (χ0n) is 20.3. The second kappa shape index (κ2) is 9.36. The molecule has 0 bridgehead atoms. The smallest absolute Gasteiger partial charge is 0.348 e. The summed E-state index contributed by atoms with van der Waals surface area (Å²) in [7, 11) is 0. The van der Waals surface area contributed by atoms with Crippen molar-refractivity contribution < 1.29 is 24.2 Å². The van der Waals surface area contributed by atoms with E-state index in [4.69, 9.17) is 9.47 Å². The lowest BCUT2D eigenvalue weighted by Crippen LogP contribution is -2.51. The lowest BCUT2D eigenvalue weighted by atomic mass is 9.60. The van der Waals surface area contributed by atoms with Crippen molar-refractivity contribution >= 4 is 11.9 Å². The number of ether oxygens (including phenoxy) is 2. The Morgan fingerprint density at radius 1 is 1.17 bits per heavy atom. The lowest BCUT2D eigenvalue weighted by molar-refractivity contribution is -0.182. The van der Waals surface area contributed by atoms with Crippen LogP contribution in [0.5, 0.6) is 0 Å². The fourth-order valence-corrected chi connectivity index (χ4v) is 4.67. The third kappa shape index (κ3) is 5.74. The van der Waals surface area contributed by atoms with Gasteiger partial charge in [-0.1, -0.05) is 75.7 Å². The molecular weight excluding hydrogens is 368 g/mol. The molecule has 1 fully saturated rings. The summed E-state index contributed by atoms with van der Waals surface area (Å²) in [5.74, 6) is -0.571. The number of aliphatic hydroxyl groups is 1. The Labute approximate surface area is 177 Å². The molecule has 1 rings (SSSR count). The minimum atomic E-state index is -1.09. The number of carbonyl (C=O) groups excluding carboxylic acids is 2. The Bertz CT molecular complexity index is 569. The van der Waals surface area contributed by atoms with Crippen LogP contribution in [0.15, 0.2) is 0 Å². The second-order valence-corrected chi connectivity index (χ2v) is 11.5. The molecule has 5 atom stereocenters. The number of hydrogen-bond donors (Lipinski definition) is 1. The van der Waals surface area contributed by atoms with Crippen LogP contribution in [0.3, 0.4) is 0 Å². The molecule has 1 saturated heterocycles. The maximum atomic E-state index is 13.4. The van der Waals surface area contributed by atoms with Crippen molar-refractivity contribution in [3.8, 4) is 0 Å². The Kier molecular flexibility index (Phi) is 8.37. The van der Waals surface area contributed by atoms with Crippen molar-refractivity contribution in [1.82, 2.24) is 0 Å². The monoisotopic (exact) mass is 412 g/mol. The Balaban J connectivity index is 3.16. The molecular formula is C24H44O5. The fraction of sp³-hybridized carbons (Fsp3) is 0.917. The first-order valence-electron chi connectivity index (χ1n) is 11.1. The van der Waals surface area contributed by atoms with E-state index in [1.165, 1.54) is 0 Å². The number of aliphatic hydroxyl groups excluding tert-OH is 1. The van der Waals surface area contributed by atoms with E-state index in [1.54, 1.807) is 0 Å². The van der Waals surface area contributed by atoms with E-state index in [2.05, 4.69) is 20.8 Å². The van der Waals surface area contributed by atoms with Gasteiger partial charge in [-0.05, 0) is 35.5 Å². The van der Waals surface area contributed by atoms with Crippen LogP contribution in [-0.4, -0.2) is 35.9 Å². The van der Waals surface area contributed by atoms with E-state index >= 15 is 0 Å². The predicted octanol–water partition coefficient (Wildman–Crippen LogP) is 4.99. The summed E-state index contributed by atoms with van der Waals surface area (Å²) >= 11 is 0. The molecule has 5 unspecified atom stereocenters. The normalized spacial score (nSPS) is 26.2. The molecule has 5 heteroatoms. The standard InChI is InChI=1S/C24H44O5/c1-11-12-17(15(2)3)18-16(4)19(20(26)28-18)29-21(27)24(14-25,23(8,9)10)13-22(5,6)7/h15-19,25H,11-14H2,1-10H3. The van der Waals surface area contributed by atoms with Gasteiger partial charge < -0.3 is 14.6 Å². The summed E-state index contributed by atoms with van der Waals surface area (Å²) in [6.45, 7) is 19.9. The van der Waals surface area contributed by atoms with Gasteiger partial charge in [-0.3, -0.25) is 4.79 Å². The molecule has 0 aromatic rings. The number of hydrogen-bond acceptors (Lipinski definition) is 5. The summed E-state index contributed by atoms with van der Waals surface area (Å²) in [5.41, 5.74) is -1.81. The summed E-state index contributed by atoms with van der Waals surface area (Å²) in [6, 6.07) is 0. The van der Waals surface area contributed by atoms with Gasteiger partial charge in [0.05, 0.1) is 12.0 Å². The quantitative estimate of drug-likeness (QED) is 0.568. The van der Waals surface area contributed by atoms with Crippen molar-refractivity contribution in [3.63, 3.8) is 0 Å². The maximum absolute atomic E-state index is 13.4. The van der Waals surface area contributed by atoms with Gasteiger partial charge in [-0.25, -0.2) is 4.79 Å². The van der Waals surface area contributed by atoms with Crippen LogP contribution in [0.2, 0.25) is 0 Å². The van der Waals surface area contributed by atoms with Gasteiger partial charge in [0.25, 0.3) is 0 Å². The second-order valence-electron chi connectivity index (χ2n) is 11.5. The minimum absolute atomic E-state index is 0.191. The molecule has 170 valence electrons. The third-order valence-corrected chi connectivity index (χ3v) is 6.54. The highest BCUT2D eigenvalue weighted by molar-refractivity contribution is 5.84. The van der Waals surface area contributed by atoms with E-state index in [-0.39, 0.29) is 30.0 Å². The van der Waals surface area contributed by atoms with Gasteiger partial charge in [-0.2, -0.15) is 0 Å². The summed E-state index contributed by atoms with van der Waals surface area (Å²) in [6.07, 6.45) is 1.27. The Morgan fingerprint density at radius 3 is 2.10 bits per heavy atom. The Morgan fingerprint density at radius 2 is 1.72 bits per heavy atom. The molecule has 0 saturated carbocycles. The predicted molar refractivity (Wildman–Crippen MR) is 115 cm³/mol. The average molecular weight is 413 g/mol. The SMILES string of the molecule is CCCC(C(C)C)C1OC(=O)C(OC(=O)C(CO)(CC(C)(C)C)C(C)(C)C)C1C. The van der Waals surface area contributed by atoms with E-state index < -0.39 is 28.9 Å². The Hall–Kier alpha value is -1.10. The summed E-state index contributed by atoms with van der Waals surface area (Å²) in [5, 5.41) is 10.3. The minimum Gasteiger partial charge on any atom is -0.459 e. The van der Waals surface area contributed by atoms with Crippen molar-refractivity contribution in [2.75, 3.05) is 6.61 Å². The van der Waals surface area contributed by atoms with Crippen LogP contribution in [0.4, 0.5) is 0 Å². The molecule has 29 heavy (non-hydrogen) atoms. The summed E-state index contributed by atoms with van der Waals surface area (Å²) in [4.78, 5) is 26.1. The average Bonchev–Trinajstić information content (AvgIpc) is 2.83. The molecule has 0 amide bonds. The molecule has 0 aliphatic carbocycles. The van der Waals surface area contributed by atoms with Crippen LogP contribution in [-0.2, 0) is 19.1 Å². The molecule has 1 aliphatic heterocycles. The van der Waals surface area contributed by atoms with E-state index in [0.717, 1.165) is 12.8 Å². The van der Waals surface area contributed by atoms with Gasteiger partial charge in [0.1, 0.15) is 6.10 Å². The highest BCUT2D eigenvalue weighted by Gasteiger charge is 2.55. The molecule has 0 aromatic carbocycles. The van der Waals surface area contributed by atoms with Gasteiger partial charge in [0.15, 0.2) is 0 Å². The zero-order chi connectivity index (χ0) is 22.8. The zero-order valence-corrected chi connectivity index (χ0v) is 20.3. The van der Waals surface area contributed by atoms with Crippen LogP contribution in [0.1, 0.15) is 88.5 Å². The third-order valence-electron chi connectivity index (χ3n) is 6.54. The van der Waals surface area contributed by atoms with Crippen molar-refractivity contribution in [3.05, 3.63) is 0 Å². The van der Waals surface area contributed by atoms with Gasteiger partial charge in [0.2, 0.25) is 6.10 Å². The van der Waals surface area contributed by atoms with Crippen LogP contribution >= 0.6 is 0 Å². The maximum Gasteiger partial charge on any atom is 0.348 e. The van der Waals surface area contributed by atoms with E-state index in [9.17, 15) is 14.7 Å². The lowest BCUT2D eigenvalue weighted by Gasteiger charge is -2.45. The van der Waals surface area contributed by atoms with Gasteiger partial charge in [-0.15, -0.1) is 0 Å². The molecule has 1 heterocycles. The molecule has 0 aromatic heterocycles. The van der Waals surface area contributed by atoms with Gasteiger partial charge in [0, 0.05) is 5.92 Å². The van der Waals surface area contributed by atoms with Crippen molar-refractivity contribution in [2.45, 2.75) is 101 Å². The number of cyclic esters (lactones) is 1. The molecule has 1 N–H and O–H groups in total. The first kappa shape index (κ1) is 25.9. The van der Waals surface area contributed by atoms with Crippen LogP contribution in [0.25, 0.3) is 0 Å².